The molecule has 1 saturated heterocycles. The van der Waals surface area contributed by atoms with E-state index in [9.17, 15) is 0 Å². The Morgan fingerprint density at radius 2 is 1.55 bits per heavy atom. The van der Waals surface area contributed by atoms with Gasteiger partial charge in [0.25, 0.3) is 0 Å². The molecule has 0 bridgehead atoms. The molecular weight excluding hydrogens is 380 g/mol. The summed E-state index contributed by atoms with van der Waals surface area (Å²) < 4.78 is 5.86. The van der Waals surface area contributed by atoms with E-state index in [0.29, 0.717) is 5.56 Å². The lowest BCUT2D eigenvalue weighted by Crippen LogP contribution is -2.38. The van der Waals surface area contributed by atoms with Crippen LogP contribution in [0.1, 0.15) is 68.4 Å². The van der Waals surface area contributed by atoms with Crippen LogP contribution in [0.2, 0.25) is 0 Å². The molecule has 3 nitrogen and oxygen atoms in total. The Balaban J connectivity index is 1.24. The Morgan fingerprint density at radius 3 is 2.23 bits per heavy atom. The number of nitrogens with zero attached hydrogens (tertiary/aromatic N) is 2. The molecule has 4 rings (SSSR count). The van der Waals surface area contributed by atoms with E-state index in [2.05, 4.69) is 41.3 Å². The largest absolute Gasteiger partial charge is 0.494 e. The van der Waals surface area contributed by atoms with Crippen LogP contribution in [0.3, 0.4) is 0 Å². The topological polar surface area (TPSA) is 36.3 Å². The lowest BCUT2D eigenvalue weighted by Gasteiger charge is -2.41. The highest BCUT2D eigenvalue weighted by atomic mass is 16.5. The van der Waals surface area contributed by atoms with Crippen molar-refractivity contribution in [3.63, 3.8) is 0 Å². The average Bonchev–Trinajstić information content (AvgIpc) is 2.85. The fourth-order valence-corrected chi connectivity index (χ4v) is 5.74. The van der Waals surface area contributed by atoms with Crippen molar-refractivity contribution in [2.24, 2.45) is 11.8 Å². The van der Waals surface area contributed by atoms with Crippen LogP contribution in [0, 0.1) is 23.2 Å². The van der Waals surface area contributed by atoms with Crippen LogP contribution in [0.15, 0.2) is 54.6 Å². The molecule has 3 heteroatoms. The van der Waals surface area contributed by atoms with Gasteiger partial charge in [-0.25, -0.2) is 0 Å². The average molecular weight is 417 g/mol. The molecule has 164 valence electrons. The first-order chi connectivity index (χ1) is 15.3. The van der Waals surface area contributed by atoms with E-state index < -0.39 is 0 Å². The highest BCUT2D eigenvalue weighted by Gasteiger charge is 2.33. The quantitative estimate of drug-likeness (QED) is 0.467. The van der Waals surface area contributed by atoms with Gasteiger partial charge in [-0.2, -0.15) is 5.26 Å². The zero-order valence-corrected chi connectivity index (χ0v) is 18.7. The highest BCUT2D eigenvalue weighted by Crippen LogP contribution is 2.44. The summed E-state index contributed by atoms with van der Waals surface area (Å²) in [6, 6.07) is 20.9. The van der Waals surface area contributed by atoms with Gasteiger partial charge >= 0.3 is 0 Å². The van der Waals surface area contributed by atoms with Crippen molar-refractivity contribution in [1.82, 2.24) is 4.90 Å². The first kappa shape index (κ1) is 21.9. The van der Waals surface area contributed by atoms with Gasteiger partial charge in [0.2, 0.25) is 0 Å². The Kier molecular flexibility index (Phi) is 8.02. The van der Waals surface area contributed by atoms with Crippen LogP contribution >= 0.6 is 0 Å². The number of nitriles is 1. The lowest BCUT2D eigenvalue weighted by molar-refractivity contribution is 0.131. The molecule has 1 aliphatic carbocycles. The number of likely N-dealkylation sites (tertiary alicyclic amines) is 1. The zero-order chi connectivity index (χ0) is 21.3. The van der Waals surface area contributed by atoms with E-state index in [1.165, 1.54) is 58.0 Å². The third kappa shape index (κ3) is 6.11. The van der Waals surface area contributed by atoms with Gasteiger partial charge in [0, 0.05) is 6.54 Å². The van der Waals surface area contributed by atoms with E-state index >= 15 is 0 Å². The molecule has 2 fully saturated rings. The van der Waals surface area contributed by atoms with Gasteiger partial charge < -0.3 is 9.64 Å². The van der Waals surface area contributed by atoms with Gasteiger partial charge in [-0.1, -0.05) is 49.6 Å². The maximum Gasteiger partial charge on any atom is 0.119 e. The molecule has 2 aromatic rings. The van der Waals surface area contributed by atoms with Crippen molar-refractivity contribution in [3.8, 4) is 11.8 Å². The number of piperidine rings is 1. The van der Waals surface area contributed by atoms with E-state index in [1.807, 2.05) is 24.3 Å². The first-order valence-electron chi connectivity index (χ1n) is 12.2. The van der Waals surface area contributed by atoms with Crippen molar-refractivity contribution >= 4 is 0 Å². The number of hydrogen-bond acceptors (Lipinski definition) is 3. The summed E-state index contributed by atoms with van der Waals surface area (Å²) in [5.74, 6) is 3.32. The molecule has 2 aliphatic rings. The molecule has 0 radical (unpaired) electrons. The maximum absolute atomic E-state index is 8.88. The van der Waals surface area contributed by atoms with Crippen LogP contribution in [0.25, 0.3) is 0 Å². The molecule has 1 unspecified atom stereocenters. The fraction of sp³-hybridized carbons (Fsp3) is 0.536. The second-order valence-electron chi connectivity index (χ2n) is 9.35. The Hall–Kier alpha value is -2.31. The van der Waals surface area contributed by atoms with Crippen molar-refractivity contribution in [3.05, 3.63) is 65.7 Å². The molecule has 0 N–H and O–H groups in total. The monoisotopic (exact) mass is 416 g/mol. The molecule has 0 amide bonds. The van der Waals surface area contributed by atoms with Gasteiger partial charge in [-0.15, -0.1) is 0 Å². The second kappa shape index (κ2) is 11.3. The number of ether oxygens (including phenoxy) is 1. The van der Waals surface area contributed by atoms with Crippen LogP contribution < -0.4 is 4.74 Å². The molecule has 31 heavy (non-hydrogen) atoms. The highest BCUT2D eigenvalue weighted by molar-refractivity contribution is 5.34. The van der Waals surface area contributed by atoms with E-state index in [0.717, 1.165) is 43.1 Å². The standard InChI is InChI=1S/C28H36N2O/c29-22-23-12-14-27(15-13-23)31-21-7-18-30-19-16-26(17-20-30)28(24-8-3-1-4-9-24)25-10-5-2-6-11-25/h1,3-4,8-9,12-15,25-26,28H,2,5-7,10-11,16-21H2. The summed E-state index contributed by atoms with van der Waals surface area (Å²) in [4.78, 5) is 2.63. The molecule has 0 aromatic heterocycles. The molecule has 0 spiro atoms. The summed E-state index contributed by atoms with van der Waals surface area (Å²) in [7, 11) is 0. The van der Waals surface area contributed by atoms with Crippen molar-refractivity contribution in [1.29, 1.82) is 5.26 Å². The SMILES string of the molecule is N#Cc1ccc(OCCCN2CCC(C(c3ccccc3)C3CCCCC3)CC2)cc1. The Labute approximate surface area is 188 Å². The van der Waals surface area contributed by atoms with Gasteiger partial charge in [0.15, 0.2) is 0 Å². The van der Waals surface area contributed by atoms with Gasteiger partial charge in [0.1, 0.15) is 5.75 Å². The summed E-state index contributed by atoms with van der Waals surface area (Å²) in [6.45, 7) is 4.29. The van der Waals surface area contributed by atoms with Crippen molar-refractivity contribution < 1.29 is 4.74 Å². The zero-order valence-electron chi connectivity index (χ0n) is 18.7. The van der Waals surface area contributed by atoms with Crippen LogP contribution in [-0.4, -0.2) is 31.1 Å². The van der Waals surface area contributed by atoms with Gasteiger partial charge in [-0.3, -0.25) is 0 Å². The normalized spacial score (nSPS) is 19.6. The lowest BCUT2D eigenvalue weighted by atomic mass is 9.68. The second-order valence-corrected chi connectivity index (χ2v) is 9.35. The molecule has 1 saturated carbocycles. The van der Waals surface area contributed by atoms with E-state index in [4.69, 9.17) is 10.00 Å². The maximum atomic E-state index is 8.88. The summed E-state index contributed by atoms with van der Waals surface area (Å²) in [5.41, 5.74) is 2.26. The Morgan fingerprint density at radius 1 is 0.871 bits per heavy atom. The minimum atomic E-state index is 0.678. The van der Waals surface area contributed by atoms with Crippen molar-refractivity contribution in [2.45, 2.75) is 57.3 Å². The summed E-state index contributed by atoms with van der Waals surface area (Å²) in [6.07, 6.45) is 10.8. The van der Waals surface area contributed by atoms with Crippen LogP contribution in [0.5, 0.6) is 5.75 Å². The third-order valence-electron chi connectivity index (χ3n) is 7.35. The van der Waals surface area contributed by atoms with E-state index in [1.54, 1.807) is 5.56 Å². The summed E-state index contributed by atoms with van der Waals surface area (Å²) in [5, 5.41) is 8.88. The fourth-order valence-electron chi connectivity index (χ4n) is 5.74. The number of hydrogen-bond donors (Lipinski definition) is 0. The predicted molar refractivity (Wildman–Crippen MR) is 126 cm³/mol. The minimum absolute atomic E-state index is 0.678. The van der Waals surface area contributed by atoms with Gasteiger partial charge in [-0.05, 0) is 92.8 Å². The first-order valence-corrected chi connectivity index (χ1v) is 12.2. The predicted octanol–water partition coefficient (Wildman–Crippen LogP) is 6.40. The molecule has 1 aliphatic heterocycles. The Bertz CT molecular complexity index is 812. The molecule has 1 atom stereocenters. The van der Waals surface area contributed by atoms with Crippen LogP contribution in [0.4, 0.5) is 0 Å². The minimum Gasteiger partial charge on any atom is -0.494 e. The molecule has 2 aromatic carbocycles. The van der Waals surface area contributed by atoms with Gasteiger partial charge in [0.05, 0.1) is 18.2 Å². The summed E-state index contributed by atoms with van der Waals surface area (Å²) >= 11 is 0. The number of rotatable bonds is 8. The smallest absolute Gasteiger partial charge is 0.119 e. The number of benzene rings is 2. The van der Waals surface area contributed by atoms with E-state index in [-0.39, 0.29) is 0 Å². The third-order valence-corrected chi connectivity index (χ3v) is 7.35. The van der Waals surface area contributed by atoms with Crippen LogP contribution in [-0.2, 0) is 0 Å². The van der Waals surface area contributed by atoms with Crippen molar-refractivity contribution in [2.75, 3.05) is 26.2 Å². The molecular formula is C28H36N2O. The molecule has 1 heterocycles.